The smallest absolute Gasteiger partial charge is 0.187 e. The summed E-state index contributed by atoms with van der Waals surface area (Å²) in [6.07, 6.45) is 3.33. The molecule has 24 heavy (non-hydrogen) atoms. The number of hydrazone groups is 1. The summed E-state index contributed by atoms with van der Waals surface area (Å²) in [6, 6.07) is 13.9. The average molecular weight is 343 g/mol. The van der Waals surface area contributed by atoms with Crippen molar-refractivity contribution in [2.45, 2.75) is 6.61 Å². The minimum Gasteiger partial charge on any atom is -0.489 e. The van der Waals surface area contributed by atoms with Gasteiger partial charge in [-0.25, -0.2) is 4.39 Å². The molecule has 0 spiro atoms. The first kappa shape index (κ1) is 17.6. The van der Waals surface area contributed by atoms with E-state index >= 15 is 0 Å². The van der Waals surface area contributed by atoms with Gasteiger partial charge in [-0.3, -0.25) is 5.43 Å². The molecule has 0 aliphatic carbocycles. The van der Waals surface area contributed by atoms with Crippen LogP contribution in [0.5, 0.6) is 5.75 Å². The molecule has 0 saturated carbocycles. The molecule has 4 nitrogen and oxygen atoms in total. The Morgan fingerprint density at radius 3 is 2.88 bits per heavy atom. The third-order valence-corrected chi connectivity index (χ3v) is 3.23. The standard InChI is InChI=1S/C18H18FN3OS/c1-2-10-20-18(24)22-21-12-14-6-5-8-16(11-14)23-13-15-7-3-4-9-17(15)19/h2-9,11-12H,1,10,13H2,(H2,20,22,24)/b21-12-. The van der Waals surface area contributed by atoms with E-state index in [9.17, 15) is 4.39 Å². The second-order valence-electron chi connectivity index (χ2n) is 4.82. The number of ether oxygens (including phenoxy) is 1. The van der Waals surface area contributed by atoms with Gasteiger partial charge < -0.3 is 10.1 Å². The fourth-order valence-corrected chi connectivity index (χ4v) is 1.97. The Balaban J connectivity index is 1.90. The van der Waals surface area contributed by atoms with Gasteiger partial charge in [-0.2, -0.15) is 5.10 Å². The van der Waals surface area contributed by atoms with Gasteiger partial charge in [-0.15, -0.1) is 6.58 Å². The summed E-state index contributed by atoms with van der Waals surface area (Å²) in [5.41, 5.74) is 4.05. The summed E-state index contributed by atoms with van der Waals surface area (Å²) in [5.74, 6) is 0.356. The van der Waals surface area contributed by atoms with Crippen LogP contribution in [0.25, 0.3) is 0 Å². The van der Waals surface area contributed by atoms with Crippen molar-refractivity contribution in [2.75, 3.05) is 6.54 Å². The van der Waals surface area contributed by atoms with Gasteiger partial charge in [0.2, 0.25) is 0 Å². The van der Waals surface area contributed by atoms with Gasteiger partial charge in [0.1, 0.15) is 18.2 Å². The van der Waals surface area contributed by atoms with Crippen LogP contribution in [0, 0.1) is 5.82 Å². The van der Waals surface area contributed by atoms with E-state index < -0.39 is 0 Å². The average Bonchev–Trinajstić information content (AvgIpc) is 2.60. The van der Waals surface area contributed by atoms with Crippen LogP contribution in [0.15, 0.2) is 66.3 Å². The van der Waals surface area contributed by atoms with E-state index in [1.807, 2.05) is 24.3 Å². The van der Waals surface area contributed by atoms with Crippen LogP contribution in [0.1, 0.15) is 11.1 Å². The predicted molar refractivity (Wildman–Crippen MR) is 98.7 cm³/mol. The Morgan fingerprint density at radius 1 is 1.25 bits per heavy atom. The molecule has 0 saturated heterocycles. The molecular weight excluding hydrogens is 325 g/mol. The fraction of sp³-hybridized carbons (Fsp3) is 0.111. The first-order chi connectivity index (χ1) is 11.7. The minimum absolute atomic E-state index is 0.168. The Bertz CT molecular complexity index is 734. The highest BCUT2D eigenvalue weighted by Crippen LogP contribution is 2.15. The maximum atomic E-state index is 13.6. The second-order valence-corrected chi connectivity index (χ2v) is 5.23. The number of rotatable bonds is 7. The molecule has 0 atom stereocenters. The summed E-state index contributed by atoms with van der Waals surface area (Å²) in [7, 11) is 0. The van der Waals surface area contributed by atoms with Gasteiger partial charge >= 0.3 is 0 Å². The SMILES string of the molecule is C=CCNC(=S)N/N=C\c1cccc(OCc2ccccc2F)c1. The summed E-state index contributed by atoms with van der Waals surface area (Å²) in [5, 5.41) is 7.36. The molecule has 2 N–H and O–H groups in total. The third kappa shape index (κ3) is 5.81. The van der Waals surface area contributed by atoms with E-state index in [2.05, 4.69) is 22.4 Å². The lowest BCUT2D eigenvalue weighted by molar-refractivity contribution is 0.300. The highest BCUT2D eigenvalue weighted by atomic mass is 32.1. The first-order valence-corrected chi connectivity index (χ1v) is 7.74. The van der Waals surface area contributed by atoms with Gasteiger partial charge in [0.15, 0.2) is 5.11 Å². The second kappa shape index (κ2) is 9.42. The number of thiocarbonyl (C=S) groups is 1. The lowest BCUT2D eigenvalue weighted by atomic mass is 10.2. The lowest BCUT2D eigenvalue weighted by Crippen LogP contribution is -2.31. The van der Waals surface area contributed by atoms with Crippen molar-refractivity contribution in [3.05, 3.63) is 78.1 Å². The van der Waals surface area contributed by atoms with E-state index in [1.165, 1.54) is 6.07 Å². The number of benzene rings is 2. The van der Waals surface area contributed by atoms with E-state index in [1.54, 1.807) is 30.5 Å². The summed E-state index contributed by atoms with van der Waals surface area (Å²) in [4.78, 5) is 0. The van der Waals surface area contributed by atoms with Gasteiger partial charge in [0, 0.05) is 12.1 Å². The zero-order valence-corrected chi connectivity index (χ0v) is 13.9. The van der Waals surface area contributed by atoms with Crippen molar-refractivity contribution in [3.8, 4) is 5.75 Å². The number of hydrogen-bond acceptors (Lipinski definition) is 3. The predicted octanol–water partition coefficient (Wildman–Crippen LogP) is 3.39. The maximum absolute atomic E-state index is 13.6. The van der Waals surface area contributed by atoms with Crippen LogP contribution < -0.4 is 15.5 Å². The number of nitrogens with zero attached hydrogens (tertiary/aromatic N) is 1. The summed E-state index contributed by atoms with van der Waals surface area (Å²) < 4.78 is 19.2. The van der Waals surface area contributed by atoms with Gasteiger partial charge in [0.05, 0.1) is 6.21 Å². The molecule has 0 aliphatic rings. The zero-order valence-electron chi connectivity index (χ0n) is 13.0. The maximum Gasteiger partial charge on any atom is 0.187 e. The highest BCUT2D eigenvalue weighted by molar-refractivity contribution is 7.80. The molecule has 0 fully saturated rings. The molecule has 0 unspecified atom stereocenters. The van der Waals surface area contributed by atoms with E-state index in [0.29, 0.717) is 23.0 Å². The van der Waals surface area contributed by atoms with Gasteiger partial charge in [-0.1, -0.05) is 36.4 Å². The molecule has 0 amide bonds. The van der Waals surface area contributed by atoms with E-state index in [-0.39, 0.29) is 12.4 Å². The monoisotopic (exact) mass is 343 g/mol. The first-order valence-electron chi connectivity index (χ1n) is 7.33. The molecule has 6 heteroatoms. The van der Waals surface area contributed by atoms with Gasteiger partial charge in [-0.05, 0) is 36.0 Å². The Labute approximate surface area is 146 Å². The van der Waals surface area contributed by atoms with Crippen molar-refractivity contribution >= 4 is 23.5 Å². The zero-order chi connectivity index (χ0) is 17.2. The Morgan fingerprint density at radius 2 is 2.08 bits per heavy atom. The molecule has 0 heterocycles. The van der Waals surface area contributed by atoms with Crippen molar-refractivity contribution in [1.82, 2.24) is 10.7 Å². The number of nitrogens with one attached hydrogen (secondary N) is 2. The number of halogens is 1. The summed E-state index contributed by atoms with van der Waals surface area (Å²) in [6.45, 7) is 4.33. The van der Waals surface area contributed by atoms with E-state index in [4.69, 9.17) is 17.0 Å². The van der Waals surface area contributed by atoms with Crippen molar-refractivity contribution in [3.63, 3.8) is 0 Å². The Kier molecular flexibility index (Phi) is 6.91. The van der Waals surface area contributed by atoms with E-state index in [0.717, 1.165) is 5.56 Å². The van der Waals surface area contributed by atoms with Crippen LogP contribution >= 0.6 is 12.2 Å². The molecule has 2 aromatic rings. The van der Waals surface area contributed by atoms with Gasteiger partial charge in [0.25, 0.3) is 0 Å². The lowest BCUT2D eigenvalue weighted by Gasteiger charge is -2.07. The molecule has 2 rings (SSSR count). The van der Waals surface area contributed by atoms with Crippen LogP contribution in [-0.2, 0) is 6.61 Å². The van der Waals surface area contributed by atoms with Crippen LogP contribution in [0.4, 0.5) is 4.39 Å². The molecule has 0 aromatic heterocycles. The molecule has 124 valence electrons. The van der Waals surface area contributed by atoms with Crippen molar-refractivity contribution in [1.29, 1.82) is 0 Å². The van der Waals surface area contributed by atoms with Crippen LogP contribution in [0.2, 0.25) is 0 Å². The fourth-order valence-electron chi connectivity index (χ4n) is 1.83. The normalized spacial score (nSPS) is 10.4. The molecule has 0 aliphatic heterocycles. The molecular formula is C18H18FN3OS. The van der Waals surface area contributed by atoms with Crippen molar-refractivity contribution < 1.29 is 9.13 Å². The third-order valence-electron chi connectivity index (χ3n) is 3.00. The topological polar surface area (TPSA) is 45.7 Å². The quantitative estimate of drug-likeness (QED) is 0.350. The van der Waals surface area contributed by atoms with Crippen molar-refractivity contribution in [2.24, 2.45) is 5.10 Å². The number of hydrogen-bond donors (Lipinski definition) is 2. The van der Waals surface area contributed by atoms with Crippen LogP contribution in [-0.4, -0.2) is 17.9 Å². The largest absolute Gasteiger partial charge is 0.489 e. The Hall–Kier alpha value is -2.73. The molecule has 0 bridgehead atoms. The molecule has 2 aromatic carbocycles. The van der Waals surface area contributed by atoms with Crippen LogP contribution in [0.3, 0.4) is 0 Å². The minimum atomic E-state index is -0.278. The molecule has 0 radical (unpaired) electrons. The summed E-state index contributed by atoms with van der Waals surface area (Å²) >= 11 is 5.02. The highest BCUT2D eigenvalue weighted by Gasteiger charge is 2.02.